The van der Waals surface area contributed by atoms with Crippen molar-refractivity contribution in [3.8, 4) is 0 Å². The van der Waals surface area contributed by atoms with E-state index in [0.29, 0.717) is 6.42 Å². The van der Waals surface area contributed by atoms with E-state index in [9.17, 15) is 4.39 Å². The fourth-order valence-electron chi connectivity index (χ4n) is 0.808. The van der Waals surface area contributed by atoms with Crippen molar-refractivity contribution in [3.05, 3.63) is 18.7 Å². The van der Waals surface area contributed by atoms with E-state index < -0.39 is 0 Å². The van der Waals surface area contributed by atoms with Gasteiger partial charge in [0.05, 0.1) is 13.0 Å². The average Bonchev–Trinajstić information content (AvgIpc) is 2.41. The van der Waals surface area contributed by atoms with E-state index in [4.69, 9.17) is 0 Å². The van der Waals surface area contributed by atoms with Gasteiger partial charge in [0.25, 0.3) is 0 Å². The summed E-state index contributed by atoms with van der Waals surface area (Å²) in [7, 11) is 0. The van der Waals surface area contributed by atoms with Crippen LogP contribution in [-0.2, 0) is 6.54 Å². The van der Waals surface area contributed by atoms with Gasteiger partial charge in [0.2, 0.25) is 0 Å². The van der Waals surface area contributed by atoms with Crippen LogP contribution in [0.25, 0.3) is 0 Å². The van der Waals surface area contributed by atoms with Crippen LogP contribution < -0.4 is 0 Å². The number of unbranched alkanes of at least 4 members (excludes halogenated alkanes) is 1. The summed E-state index contributed by atoms with van der Waals surface area (Å²) in [5.41, 5.74) is 0. The van der Waals surface area contributed by atoms with Gasteiger partial charge in [-0.1, -0.05) is 0 Å². The van der Waals surface area contributed by atoms with Gasteiger partial charge in [-0.15, -0.1) is 0 Å². The third kappa shape index (κ3) is 2.17. The molecule has 0 aliphatic heterocycles. The highest BCUT2D eigenvalue weighted by Gasteiger charge is 1.88. The first-order valence-corrected chi connectivity index (χ1v) is 3.45. The molecule has 0 spiro atoms. The summed E-state index contributed by atoms with van der Waals surface area (Å²) in [4.78, 5) is 3.87. The van der Waals surface area contributed by atoms with Crippen LogP contribution in [0.5, 0.6) is 0 Å². The molecule has 0 radical (unpaired) electrons. The third-order valence-corrected chi connectivity index (χ3v) is 1.36. The van der Waals surface area contributed by atoms with Gasteiger partial charge in [0, 0.05) is 18.9 Å². The highest BCUT2D eigenvalue weighted by atomic mass is 19.1. The molecule has 1 heterocycles. The van der Waals surface area contributed by atoms with Gasteiger partial charge in [-0.3, -0.25) is 4.39 Å². The van der Waals surface area contributed by atoms with Crippen molar-refractivity contribution in [2.75, 3.05) is 6.67 Å². The Kier molecular flexibility index (Phi) is 2.93. The summed E-state index contributed by atoms with van der Waals surface area (Å²) in [6.45, 7) is 0.665. The standard InChI is InChI=1S/C7H11FN2/c8-3-1-2-5-10-6-4-9-7-10/h4,6-7H,1-3,5H2. The molecule has 56 valence electrons. The van der Waals surface area contributed by atoms with Crippen molar-refractivity contribution in [1.29, 1.82) is 0 Å². The molecule has 0 aromatic carbocycles. The van der Waals surface area contributed by atoms with Crippen LogP contribution in [0, 0.1) is 0 Å². The van der Waals surface area contributed by atoms with Crippen LogP contribution >= 0.6 is 0 Å². The maximum atomic E-state index is 11.6. The third-order valence-electron chi connectivity index (χ3n) is 1.36. The number of hydrogen-bond acceptors (Lipinski definition) is 1. The number of nitrogens with zero attached hydrogens (tertiary/aromatic N) is 2. The Bertz CT molecular complexity index is 160. The van der Waals surface area contributed by atoms with Crippen molar-refractivity contribution < 1.29 is 4.39 Å². The van der Waals surface area contributed by atoms with Crippen LogP contribution in [0.4, 0.5) is 4.39 Å². The molecule has 3 heteroatoms. The average molecular weight is 142 g/mol. The zero-order valence-corrected chi connectivity index (χ0v) is 5.83. The van der Waals surface area contributed by atoms with Crippen molar-refractivity contribution in [2.45, 2.75) is 19.4 Å². The molecule has 10 heavy (non-hydrogen) atoms. The Balaban J connectivity index is 2.15. The Labute approximate surface area is 59.7 Å². The first kappa shape index (κ1) is 7.25. The monoisotopic (exact) mass is 142 g/mol. The quantitative estimate of drug-likeness (QED) is 0.584. The Morgan fingerprint density at radius 1 is 1.40 bits per heavy atom. The largest absolute Gasteiger partial charge is 0.337 e. The number of aromatic nitrogens is 2. The lowest BCUT2D eigenvalue weighted by Gasteiger charge is -1.97. The molecule has 0 aliphatic rings. The molecule has 0 saturated carbocycles. The van der Waals surface area contributed by atoms with Crippen molar-refractivity contribution in [2.24, 2.45) is 0 Å². The van der Waals surface area contributed by atoms with Gasteiger partial charge in [-0.2, -0.15) is 0 Å². The molecule has 2 nitrogen and oxygen atoms in total. The molecular formula is C7H11FN2. The molecule has 1 aromatic rings. The SMILES string of the molecule is FCCCCn1ccnc1. The highest BCUT2D eigenvalue weighted by molar-refractivity contribution is 4.73. The summed E-state index contributed by atoms with van der Waals surface area (Å²) >= 11 is 0. The number of rotatable bonds is 4. The van der Waals surface area contributed by atoms with Crippen LogP contribution in [0.15, 0.2) is 18.7 Å². The minimum absolute atomic E-state index is 0.214. The Morgan fingerprint density at radius 3 is 2.90 bits per heavy atom. The van der Waals surface area contributed by atoms with Crippen LogP contribution in [0.3, 0.4) is 0 Å². The first-order chi connectivity index (χ1) is 4.93. The predicted octanol–water partition coefficient (Wildman–Crippen LogP) is 1.63. The molecule has 0 bridgehead atoms. The van der Waals surface area contributed by atoms with Gasteiger partial charge < -0.3 is 4.57 Å². The number of imidazole rings is 1. The minimum atomic E-state index is -0.214. The molecule has 0 aliphatic carbocycles. The Hall–Kier alpha value is -0.860. The van der Waals surface area contributed by atoms with E-state index in [1.807, 2.05) is 10.8 Å². The fourth-order valence-corrected chi connectivity index (χ4v) is 0.808. The summed E-state index contributed by atoms with van der Waals surface area (Å²) in [6, 6.07) is 0. The van der Waals surface area contributed by atoms with Gasteiger partial charge in [0.15, 0.2) is 0 Å². The summed E-state index contributed by atoms with van der Waals surface area (Å²) in [6.07, 6.45) is 6.91. The molecule has 0 saturated heterocycles. The van der Waals surface area contributed by atoms with Gasteiger partial charge in [0.1, 0.15) is 0 Å². The van der Waals surface area contributed by atoms with Crippen molar-refractivity contribution in [1.82, 2.24) is 9.55 Å². The molecule has 0 amide bonds. The minimum Gasteiger partial charge on any atom is -0.337 e. The van der Waals surface area contributed by atoms with E-state index in [1.165, 1.54) is 0 Å². The second kappa shape index (κ2) is 4.04. The van der Waals surface area contributed by atoms with Crippen LogP contribution in [0.1, 0.15) is 12.8 Å². The van der Waals surface area contributed by atoms with Gasteiger partial charge in [-0.05, 0) is 12.8 Å². The normalized spacial score (nSPS) is 10.1. The number of aryl methyl sites for hydroxylation is 1. The summed E-state index contributed by atoms with van der Waals surface area (Å²) < 4.78 is 13.6. The van der Waals surface area contributed by atoms with Crippen LogP contribution in [0.2, 0.25) is 0 Å². The summed E-state index contributed by atoms with van der Waals surface area (Å²) in [5, 5.41) is 0. The van der Waals surface area contributed by atoms with E-state index >= 15 is 0 Å². The molecular weight excluding hydrogens is 131 g/mol. The predicted molar refractivity (Wildman–Crippen MR) is 37.4 cm³/mol. The van der Waals surface area contributed by atoms with Crippen molar-refractivity contribution in [3.63, 3.8) is 0 Å². The Morgan fingerprint density at radius 2 is 2.30 bits per heavy atom. The molecule has 0 fully saturated rings. The molecule has 0 atom stereocenters. The van der Waals surface area contributed by atoms with Crippen molar-refractivity contribution >= 4 is 0 Å². The lowest BCUT2D eigenvalue weighted by Crippen LogP contribution is -1.94. The first-order valence-electron chi connectivity index (χ1n) is 3.45. The smallest absolute Gasteiger partial charge is 0.0945 e. The zero-order valence-electron chi connectivity index (χ0n) is 5.83. The summed E-state index contributed by atoms with van der Waals surface area (Å²) in [5.74, 6) is 0. The maximum Gasteiger partial charge on any atom is 0.0945 e. The number of hydrogen-bond donors (Lipinski definition) is 0. The number of halogens is 1. The maximum absolute atomic E-state index is 11.6. The molecule has 0 unspecified atom stereocenters. The number of alkyl halides is 1. The molecule has 1 rings (SSSR count). The fraction of sp³-hybridized carbons (Fsp3) is 0.571. The second-order valence-electron chi connectivity index (χ2n) is 2.20. The lowest BCUT2D eigenvalue weighted by atomic mass is 10.3. The highest BCUT2D eigenvalue weighted by Crippen LogP contribution is 1.94. The van der Waals surface area contributed by atoms with E-state index in [-0.39, 0.29) is 6.67 Å². The van der Waals surface area contributed by atoms with Gasteiger partial charge in [-0.25, -0.2) is 4.98 Å². The van der Waals surface area contributed by atoms with Crippen LogP contribution in [-0.4, -0.2) is 16.2 Å². The molecule has 0 N–H and O–H groups in total. The van der Waals surface area contributed by atoms with E-state index in [1.54, 1.807) is 12.5 Å². The lowest BCUT2D eigenvalue weighted by molar-refractivity contribution is 0.447. The van der Waals surface area contributed by atoms with E-state index in [0.717, 1.165) is 13.0 Å². The molecule has 1 aromatic heterocycles. The van der Waals surface area contributed by atoms with Gasteiger partial charge >= 0.3 is 0 Å². The van der Waals surface area contributed by atoms with E-state index in [2.05, 4.69) is 4.98 Å². The topological polar surface area (TPSA) is 17.8 Å². The zero-order chi connectivity index (χ0) is 7.23. The second-order valence-corrected chi connectivity index (χ2v) is 2.20.